The van der Waals surface area contributed by atoms with Crippen LogP contribution in [0.4, 0.5) is 0 Å². The number of hydrogen-bond acceptors (Lipinski definition) is 3. The zero-order valence-electron chi connectivity index (χ0n) is 13.4. The van der Waals surface area contributed by atoms with E-state index in [1.54, 1.807) is 0 Å². The maximum atomic E-state index is 12.8. The normalized spacial score (nSPS) is 29.2. The summed E-state index contributed by atoms with van der Waals surface area (Å²) in [5, 5.41) is 0. The molecule has 20 heavy (non-hydrogen) atoms. The molecule has 0 radical (unpaired) electrons. The van der Waals surface area contributed by atoms with Gasteiger partial charge in [-0.1, -0.05) is 26.7 Å². The second kappa shape index (κ2) is 6.44. The highest BCUT2D eigenvalue weighted by Crippen LogP contribution is 2.41. The maximum Gasteiger partial charge on any atom is 0.226 e. The number of hydrogen-bond donors (Lipinski definition) is 1. The van der Waals surface area contributed by atoms with Gasteiger partial charge in [-0.05, 0) is 25.2 Å². The molecule has 1 heterocycles. The van der Waals surface area contributed by atoms with Crippen molar-refractivity contribution >= 4 is 5.91 Å². The van der Waals surface area contributed by atoms with Gasteiger partial charge in [-0.15, -0.1) is 0 Å². The lowest BCUT2D eigenvalue weighted by molar-refractivity contribution is -0.143. The topological polar surface area (TPSA) is 49.6 Å². The third-order valence-electron chi connectivity index (χ3n) is 5.40. The molecule has 1 aliphatic heterocycles. The van der Waals surface area contributed by atoms with E-state index in [1.807, 2.05) is 0 Å². The molecule has 2 atom stereocenters. The van der Waals surface area contributed by atoms with E-state index in [1.165, 1.54) is 19.3 Å². The van der Waals surface area contributed by atoms with Gasteiger partial charge >= 0.3 is 0 Å². The van der Waals surface area contributed by atoms with Gasteiger partial charge in [0.15, 0.2) is 0 Å². The first kappa shape index (κ1) is 15.8. The van der Waals surface area contributed by atoms with E-state index >= 15 is 0 Å². The summed E-state index contributed by atoms with van der Waals surface area (Å²) in [5.41, 5.74) is 5.91. The molecule has 2 aliphatic rings. The molecule has 0 aromatic carbocycles. The molecule has 2 fully saturated rings. The van der Waals surface area contributed by atoms with E-state index in [4.69, 9.17) is 5.73 Å². The summed E-state index contributed by atoms with van der Waals surface area (Å²) in [5.74, 6) is 0.629. The molecule has 1 aliphatic carbocycles. The molecule has 0 aromatic rings. The SMILES string of the molecule is CC(CN)N1CCN(C(=O)C2CCCCC2(C)C)CC1. The number of nitrogens with two attached hydrogens (primary N) is 1. The smallest absolute Gasteiger partial charge is 0.226 e. The number of amides is 1. The minimum atomic E-state index is 0.178. The van der Waals surface area contributed by atoms with Crippen LogP contribution in [0.2, 0.25) is 0 Å². The van der Waals surface area contributed by atoms with Crippen molar-refractivity contribution in [2.75, 3.05) is 32.7 Å². The van der Waals surface area contributed by atoms with Crippen molar-refractivity contribution < 1.29 is 4.79 Å². The van der Waals surface area contributed by atoms with Gasteiger partial charge in [0.05, 0.1) is 0 Å². The summed E-state index contributed by atoms with van der Waals surface area (Å²) < 4.78 is 0. The van der Waals surface area contributed by atoms with Crippen LogP contribution in [0, 0.1) is 11.3 Å². The Kier molecular flexibility index (Phi) is 5.08. The van der Waals surface area contributed by atoms with Crippen LogP contribution in [-0.4, -0.2) is 54.5 Å². The Morgan fingerprint density at radius 3 is 2.45 bits per heavy atom. The molecule has 4 heteroatoms. The van der Waals surface area contributed by atoms with Crippen molar-refractivity contribution in [1.29, 1.82) is 0 Å². The third kappa shape index (κ3) is 3.34. The molecule has 1 saturated heterocycles. The number of piperazine rings is 1. The summed E-state index contributed by atoms with van der Waals surface area (Å²) >= 11 is 0. The van der Waals surface area contributed by atoms with Crippen LogP contribution in [0.5, 0.6) is 0 Å². The fourth-order valence-corrected chi connectivity index (χ4v) is 3.70. The van der Waals surface area contributed by atoms with Gasteiger partial charge in [-0.2, -0.15) is 0 Å². The Morgan fingerprint density at radius 1 is 1.25 bits per heavy atom. The molecule has 2 N–H and O–H groups in total. The highest BCUT2D eigenvalue weighted by atomic mass is 16.2. The highest BCUT2D eigenvalue weighted by molar-refractivity contribution is 5.79. The van der Waals surface area contributed by atoms with Crippen molar-refractivity contribution in [3.05, 3.63) is 0 Å². The molecule has 0 bridgehead atoms. The van der Waals surface area contributed by atoms with Crippen LogP contribution in [-0.2, 0) is 4.79 Å². The van der Waals surface area contributed by atoms with Gasteiger partial charge in [-0.3, -0.25) is 9.69 Å². The van der Waals surface area contributed by atoms with Crippen molar-refractivity contribution in [2.24, 2.45) is 17.1 Å². The van der Waals surface area contributed by atoms with E-state index in [2.05, 4.69) is 30.6 Å². The minimum Gasteiger partial charge on any atom is -0.340 e. The minimum absolute atomic E-state index is 0.178. The number of carbonyl (C=O) groups is 1. The van der Waals surface area contributed by atoms with Crippen LogP contribution < -0.4 is 5.73 Å². The standard InChI is InChI=1S/C16H31N3O/c1-13(12-17)18-8-10-19(11-9-18)15(20)14-6-4-5-7-16(14,2)3/h13-14H,4-12,17H2,1-3H3. The van der Waals surface area contributed by atoms with E-state index < -0.39 is 0 Å². The van der Waals surface area contributed by atoms with Crippen molar-refractivity contribution in [3.8, 4) is 0 Å². The Labute approximate surface area is 123 Å². The van der Waals surface area contributed by atoms with E-state index in [9.17, 15) is 4.79 Å². The zero-order chi connectivity index (χ0) is 14.8. The third-order valence-corrected chi connectivity index (χ3v) is 5.40. The van der Waals surface area contributed by atoms with Crippen molar-refractivity contribution in [1.82, 2.24) is 9.80 Å². The second-order valence-corrected chi connectivity index (χ2v) is 7.23. The molecule has 0 aromatic heterocycles. The highest BCUT2D eigenvalue weighted by Gasteiger charge is 2.39. The summed E-state index contributed by atoms with van der Waals surface area (Å²) in [7, 11) is 0. The number of carbonyl (C=O) groups excluding carboxylic acids is 1. The molecule has 2 unspecified atom stereocenters. The summed E-state index contributed by atoms with van der Waals surface area (Å²) in [6.45, 7) is 11.1. The molecule has 4 nitrogen and oxygen atoms in total. The maximum absolute atomic E-state index is 12.8. The Balaban J connectivity index is 1.91. The predicted octanol–water partition coefficient (Wildman–Crippen LogP) is 1.69. The lowest BCUT2D eigenvalue weighted by atomic mass is 9.68. The molecule has 0 spiro atoms. The Hall–Kier alpha value is -0.610. The average molecular weight is 281 g/mol. The first-order chi connectivity index (χ1) is 9.45. The van der Waals surface area contributed by atoms with E-state index in [0.717, 1.165) is 32.6 Å². The molecule has 1 amide bonds. The fourth-order valence-electron chi connectivity index (χ4n) is 3.70. The van der Waals surface area contributed by atoms with Crippen LogP contribution in [0.3, 0.4) is 0 Å². The molecule has 116 valence electrons. The van der Waals surface area contributed by atoms with Gasteiger partial charge in [0.25, 0.3) is 0 Å². The largest absolute Gasteiger partial charge is 0.340 e. The summed E-state index contributed by atoms with van der Waals surface area (Å²) in [6.07, 6.45) is 4.75. The van der Waals surface area contributed by atoms with Crippen LogP contribution in [0.25, 0.3) is 0 Å². The van der Waals surface area contributed by atoms with Gasteiger partial charge in [-0.25, -0.2) is 0 Å². The van der Waals surface area contributed by atoms with Crippen molar-refractivity contribution in [2.45, 2.75) is 52.5 Å². The molecular formula is C16H31N3O. The monoisotopic (exact) mass is 281 g/mol. The van der Waals surface area contributed by atoms with Crippen molar-refractivity contribution in [3.63, 3.8) is 0 Å². The summed E-state index contributed by atoms with van der Waals surface area (Å²) in [6, 6.07) is 0.429. The molecule has 1 saturated carbocycles. The van der Waals surface area contributed by atoms with E-state index in [-0.39, 0.29) is 11.3 Å². The lowest BCUT2D eigenvalue weighted by Crippen LogP contribution is -2.55. The van der Waals surface area contributed by atoms with Crippen LogP contribution >= 0.6 is 0 Å². The van der Waals surface area contributed by atoms with Crippen LogP contribution in [0.15, 0.2) is 0 Å². The first-order valence-corrected chi connectivity index (χ1v) is 8.18. The van der Waals surface area contributed by atoms with Gasteiger partial charge < -0.3 is 10.6 Å². The van der Waals surface area contributed by atoms with Crippen LogP contribution in [0.1, 0.15) is 46.5 Å². The Bertz CT molecular complexity index is 335. The Morgan fingerprint density at radius 2 is 1.90 bits per heavy atom. The quantitative estimate of drug-likeness (QED) is 0.856. The number of rotatable bonds is 3. The van der Waals surface area contributed by atoms with Gasteiger partial charge in [0.2, 0.25) is 5.91 Å². The molecule has 2 rings (SSSR count). The second-order valence-electron chi connectivity index (χ2n) is 7.23. The zero-order valence-corrected chi connectivity index (χ0v) is 13.4. The average Bonchev–Trinajstić information content (AvgIpc) is 2.45. The predicted molar refractivity (Wildman–Crippen MR) is 82.4 cm³/mol. The van der Waals surface area contributed by atoms with Gasteiger partial charge in [0, 0.05) is 44.7 Å². The first-order valence-electron chi connectivity index (χ1n) is 8.18. The molecular weight excluding hydrogens is 250 g/mol. The van der Waals surface area contributed by atoms with Gasteiger partial charge in [0.1, 0.15) is 0 Å². The van der Waals surface area contributed by atoms with E-state index in [0.29, 0.717) is 18.5 Å². The summed E-state index contributed by atoms with van der Waals surface area (Å²) in [4.78, 5) is 17.3. The lowest BCUT2D eigenvalue weighted by Gasteiger charge is -2.43. The fraction of sp³-hybridized carbons (Fsp3) is 0.938. The number of nitrogens with zero attached hydrogens (tertiary/aromatic N) is 2.